The van der Waals surface area contributed by atoms with Crippen LogP contribution in [0.3, 0.4) is 0 Å². The molecule has 2 aromatic rings. The molecule has 0 aliphatic rings. The zero-order valence-corrected chi connectivity index (χ0v) is 7.35. The molecule has 0 aliphatic heterocycles. The molecule has 2 heterocycles. The van der Waals surface area contributed by atoms with Gasteiger partial charge in [0.05, 0.1) is 6.20 Å². The van der Waals surface area contributed by atoms with Crippen molar-refractivity contribution in [2.24, 2.45) is 0 Å². The van der Waals surface area contributed by atoms with Gasteiger partial charge in [-0.2, -0.15) is 5.10 Å². The van der Waals surface area contributed by atoms with E-state index in [1.165, 1.54) is 18.6 Å². The Bertz CT molecular complexity index is 545. The molecule has 15 heavy (non-hydrogen) atoms. The first-order valence-electron chi connectivity index (χ1n) is 4.07. The monoisotopic (exact) mass is 217 g/mol. The lowest BCUT2D eigenvalue weighted by atomic mass is 9.93. The molecule has 0 bridgehead atoms. The van der Waals surface area contributed by atoms with Gasteiger partial charge >= 0.3 is 12.7 Å². The van der Waals surface area contributed by atoms with Gasteiger partial charge in [0, 0.05) is 18.8 Å². The maximum atomic E-state index is 12.1. The highest BCUT2D eigenvalue weighted by Crippen LogP contribution is 2.09. The van der Waals surface area contributed by atoms with Crippen LogP contribution in [0.5, 0.6) is 0 Å². The van der Waals surface area contributed by atoms with Crippen molar-refractivity contribution >= 4 is 12.6 Å². The molecule has 0 radical (unpaired) electrons. The second kappa shape index (κ2) is 3.11. The molecule has 0 aromatic carbocycles. The Kier molecular flexibility index (Phi) is 2.02. The normalized spacial score (nSPS) is 12.2. The molecule has 5 nitrogen and oxygen atoms in total. The van der Waals surface area contributed by atoms with E-state index in [2.05, 4.69) is 10.1 Å². The number of fused-ring (bicyclic) bond motifs is 1. The van der Waals surface area contributed by atoms with Gasteiger partial charge in [0.25, 0.3) is 0 Å². The number of hydrogen-bond acceptors (Lipinski definition) is 3. The van der Waals surface area contributed by atoms with Crippen LogP contribution >= 0.6 is 0 Å². The summed E-state index contributed by atoms with van der Waals surface area (Å²) in [7, 11) is 0. The van der Waals surface area contributed by atoms with Gasteiger partial charge in [0.2, 0.25) is 0 Å². The summed E-state index contributed by atoms with van der Waals surface area (Å²) >= 11 is 0. The van der Waals surface area contributed by atoms with Gasteiger partial charge in [-0.05, 0) is 0 Å². The van der Waals surface area contributed by atoms with Crippen molar-refractivity contribution in [1.29, 1.82) is 0 Å². The van der Waals surface area contributed by atoms with Gasteiger partial charge in [-0.15, -0.1) is 0 Å². The van der Waals surface area contributed by atoms with Crippen LogP contribution < -0.4 is 5.69 Å². The highest BCUT2D eigenvalue weighted by atomic mass is 19.4. The third-order valence-electron chi connectivity index (χ3n) is 1.77. The summed E-state index contributed by atoms with van der Waals surface area (Å²) in [6, 6.07) is 0. The SMILES string of the molecule is O=c1n(C[B-](F)(F)F)nc2cnccn12. The lowest BCUT2D eigenvalue weighted by Gasteiger charge is -2.11. The van der Waals surface area contributed by atoms with E-state index in [9.17, 15) is 17.7 Å². The molecule has 0 spiro atoms. The van der Waals surface area contributed by atoms with Crippen LogP contribution in [0.1, 0.15) is 0 Å². The third kappa shape index (κ3) is 1.85. The second-order valence-electron chi connectivity index (χ2n) is 2.98. The number of aromatic nitrogens is 4. The summed E-state index contributed by atoms with van der Waals surface area (Å²) in [6.07, 6.45) is 2.46. The van der Waals surface area contributed by atoms with E-state index in [0.717, 1.165) is 4.40 Å². The third-order valence-corrected chi connectivity index (χ3v) is 1.77. The van der Waals surface area contributed by atoms with Crippen LogP contribution in [0.4, 0.5) is 12.9 Å². The number of rotatable bonds is 2. The average molecular weight is 217 g/mol. The van der Waals surface area contributed by atoms with E-state index >= 15 is 0 Å². The van der Waals surface area contributed by atoms with E-state index in [4.69, 9.17) is 0 Å². The minimum Gasteiger partial charge on any atom is -0.448 e. The number of halogens is 3. The molecule has 0 aliphatic carbocycles. The fraction of sp³-hybridized carbons (Fsp3) is 0.167. The minimum atomic E-state index is -5.08. The summed E-state index contributed by atoms with van der Waals surface area (Å²) in [5.41, 5.74) is -0.714. The van der Waals surface area contributed by atoms with Gasteiger partial charge in [-0.25, -0.2) is 13.9 Å². The summed E-state index contributed by atoms with van der Waals surface area (Å²) in [4.78, 5) is 15.0. The fourth-order valence-electron chi connectivity index (χ4n) is 1.19. The predicted molar refractivity (Wildman–Crippen MR) is 46.3 cm³/mol. The number of nitrogens with zero attached hydrogens (tertiary/aromatic N) is 4. The van der Waals surface area contributed by atoms with Crippen molar-refractivity contribution in [1.82, 2.24) is 19.2 Å². The van der Waals surface area contributed by atoms with Crippen molar-refractivity contribution in [3.8, 4) is 0 Å². The highest BCUT2D eigenvalue weighted by Gasteiger charge is 2.25. The van der Waals surface area contributed by atoms with Crippen molar-refractivity contribution < 1.29 is 12.9 Å². The van der Waals surface area contributed by atoms with Gasteiger partial charge in [-0.3, -0.25) is 4.98 Å². The molecule has 0 fully saturated rings. The lowest BCUT2D eigenvalue weighted by molar-refractivity contribution is 0.432. The maximum Gasteiger partial charge on any atom is 0.499 e. The molecule has 2 aromatic heterocycles. The molecule has 0 amide bonds. The Hall–Kier alpha value is -1.80. The van der Waals surface area contributed by atoms with Crippen LogP contribution in [-0.4, -0.2) is 26.1 Å². The van der Waals surface area contributed by atoms with Crippen LogP contribution in [0.15, 0.2) is 23.4 Å². The molecule has 0 N–H and O–H groups in total. The Morgan fingerprint density at radius 3 is 2.73 bits per heavy atom. The van der Waals surface area contributed by atoms with Crippen molar-refractivity contribution in [2.45, 2.75) is 6.44 Å². The second-order valence-corrected chi connectivity index (χ2v) is 2.98. The minimum absolute atomic E-state index is 0.0996. The number of hydrogen-bond donors (Lipinski definition) is 0. The quantitative estimate of drug-likeness (QED) is 0.678. The van der Waals surface area contributed by atoms with E-state index in [1.54, 1.807) is 0 Å². The Morgan fingerprint density at radius 2 is 2.13 bits per heavy atom. The van der Waals surface area contributed by atoms with Crippen LogP contribution in [-0.2, 0) is 6.44 Å². The van der Waals surface area contributed by atoms with Gasteiger partial charge in [0.15, 0.2) is 5.65 Å². The van der Waals surface area contributed by atoms with Crippen molar-refractivity contribution in [2.75, 3.05) is 0 Å². The molecule has 0 saturated heterocycles. The van der Waals surface area contributed by atoms with Gasteiger partial charge in [-0.1, -0.05) is 0 Å². The molecule has 9 heteroatoms. The van der Waals surface area contributed by atoms with Crippen LogP contribution in [0.2, 0.25) is 0 Å². The summed E-state index contributed by atoms with van der Waals surface area (Å²) < 4.78 is 37.7. The van der Waals surface area contributed by atoms with Gasteiger partial charge in [0.1, 0.15) is 0 Å². The van der Waals surface area contributed by atoms with E-state index in [1.807, 2.05) is 0 Å². The zero-order valence-electron chi connectivity index (χ0n) is 7.35. The largest absolute Gasteiger partial charge is 0.499 e. The Morgan fingerprint density at radius 1 is 1.40 bits per heavy atom. The molecule has 80 valence electrons. The van der Waals surface area contributed by atoms with E-state index < -0.39 is 19.1 Å². The van der Waals surface area contributed by atoms with Crippen molar-refractivity contribution in [3.63, 3.8) is 0 Å². The molecule has 0 unspecified atom stereocenters. The standard InChI is InChI=1S/C6H5BF3N4O/c8-7(9,10)4-14-6(15)13-2-1-11-3-5(13)12-14/h1-3H,4H2/q-1. The highest BCUT2D eigenvalue weighted by molar-refractivity contribution is 6.57. The molecule has 2 rings (SSSR count). The summed E-state index contributed by atoms with van der Waals surface area (Å²) in [5.74, 6) is 0. The topological polar surface area (TPSA) is 52.2 Å². The molecular weight excluding hydrogens is 212 g/mol. The molecule has 0 atom stereocenters. The van der Waals surface area contributed by atoms with Gasteiger partial charge < -0.3 is 12.9 Å². The van der Waals surface area contributed by atoms with E-state index in [-0.39, 0.29) is 5.65 Å². The van der Waals surface area contributed by atoms with Crippen molar-refractivity contribution in [3.05, 3.63) is 29.1 Å². The maximum absolute atomic E-state index is 12.1. The first-order valence-corrected chi connectivity index (χ1v) is 4.07. The molecule has 0 saturated carbocycles. The lowest BCUT2D eigenvalue weighted by Crippen LogP contribution is -2.32. The smallest absolute Gasteiger partial charge is 0.448 e. The Balaban J connectivity index is 2.54. The summed E-state index contributed by atoms with van der Waals surface area (Å²) in [5, 5.41) is 3.50. The predicted octanol–water partition coefficient (Wildman–Crippen LogP) is 0.278. The average Bonchev–Trinajstić information content (AvgIpc) is 2.42. The first-order chi connectivity index (χ1) is 6.97. The summed E-state index contributed by atoms with van der Waals surface area (Å²) in [6.45, 7) is -5.08. The Labute approximate surface area is 81.2 Å². The zero-order chi connectivity index (χ0) is 11.1. The molecular formula is C6H5BF3N4O-. The van der Waals surface area contributed by atoms with Crippen LogP contribution in [0.25, 0.3) is 5.65 Å². The fourth-order valence-corrected chi connectivity index (χ4v) is 1.19. The van der Waals surface area contributed by atoms with Crippen LogP contribution in [0, 0.1) is 0 Å². The van der Waals surface area contributed by atoms with E-state index in [0.29, 0.717) is 4.68 Å². The first kappa shape index (κ1) is 9.75.